The molecule has 0 atom stereocenters. The number of urea groups is 2. The van der Waals surface area contributed by atoms with E-state index in [0.29, 0.717) is 0 Å². The zero-order valence-corrected chi connectivity index (χ0v) is 7.01. The average molecular weight is 189 g/mol. The van der Waals surface area contributed by atoms with Crippen molar-refractivity contribution >= 4 is 18.0 Å². The molecular weight excluding hydrogens is 178 g/mol. The number of rotatable bonds is 2. The highest BCUT2D eigenvalue weighted by molar-refractivity contribution is 5.84. The Kier molecular flexibility index (Phi) is 4.77. The summed E-state index contributed by atoms with van der Waals surface area (Å²) in [4.78, 5) is 31.4. The van der Waals surface area contributed by atoms with Crippen LogP contribution in [-0.2, 0) is 4.79 Å². The van der Waals surface area contributed by atoms with Crippen LogP contribution < -0.4 is 27.2 Å². The second-order valence-electron chi connectivity index (χ2n) is 1.97. The van der Waals surface area contributed by atoms with Crippen LogP contribution in [0.15, 0.2) is 0 Å². The van der Waals surface area contributed by atoms with E-state index in [9.17, 15) is 14.4 Å². The molecule has 0 fully saturated rings. The summed E-state index contributed by atoms with van der Waals surface area (Å²) in [7, 11) is 1.43. The first kappa shape index (κ1) is 11.0. The number of nitrogens with two attached hydrogens (primary N) is 1. The van der Waals surface area contributed by atoms with E-state index in [1.165, 1.54) is 7.05 Å². The van der Waals surface area contributed by atoms with Crippen LogP contribution in [0, 0.1) is 0 Å². The summed E-state index contributed by atoms with van der Waals surface area (Å²) in [6.45, 7) is -0.178. The first-order valence-corrected chi connectivity index (χ1v) is 3.36. The normalized spacial score (nSPS) is 8.38. The van der Waals surface area contributed by atoms with Gasteiger partial charge in [-0.1, -0.05) is 0 Å². The van der Waals surface area contributed by atoms with E-state index >= 15 is 0 Å². The van der Waals surface area contributed by atoms with E-state index in [1.54, 1.807) is 0 Å². The quantitative estimate of drug-likeness (QED) is 0.311. The molecule has 0 radical (unpaired) electrons. The van der Waals surface area contributed by atoms with Gasteiger partial charge in [0.15, 0.2) is 0 Å². The van der Waals surface area contributed by atoms with E-state index < -0.39 is 12.1 Å². The highest BCUT2D eigenvalue weighted by Gasteiger charge is 2.02. The molecule has 6 N–H and O–H groups in total. The van der Waals surface area contributed by atoms with Crippen molar-refractivity contribution in [1.29, 1.82) is 0 Å². The molecule has 0 saturated heterocycles. The van der Waals surface area contributed by atoms with Gasteiger partial charge < -0.3 is 16.4 Å². The average Bonchev–Trinajstić information content (AvgIpc) is 2.10. The molecule has 0 aliphatic heterocycles. The molecule has 0 bridgehead atoms. The third kappa shape index (κ3) is 6.41. The smallest absolute Gasteiger partial charge is 0.333 e. The Morgan fingerprint density at radius 2 is 1.85 bits per heavy atom. The van der Waals surface area contributed by atoms with Crippen molar-refractivity contribution in [3.8, 4) is 0 Å². The molecule has 0 aromatic carbocycles. The van der Waals surface area contributed by atoms with Crippen LogP contribution in [0.5, 0.6) is 0 Å². The Morgan fingerprint density at radius 3 is 2.31 bits per heavy atom. The molecule has 0 heterocycles. The van der Waals surface area contributed by atoms with Crippen molar-refractivity contribution < 1.29 is 14.4 Å². The third-order valence-corrected chi connectivity index (χ3v) is 0.988. The number of hydrogen-bond acceptors (Lipinski definition) is 3. The number of primary amides is 1. The van der Waals surface area contributed by atoms with Crippen LogP contribution in [0.1, 0.15) is 0 Å². The number of amides is 5. The van der Waals surface area contributed by atoms with Crippen LogP contribution in [0.2, 0.25) is 0 Å². The first-order chi connectivity index (χ1) is 6.06. The fourth-order valence-corrected chi connectivity index (χ4v) is 0.412. The lowest BCUT2D eigenvalue weighted by molar-refractivity contribution is -0.119. The fourth-order valence-electron chi connectivity index (χ4n) is 0.412. The van der Waals surface area contributed by atoms with Gasteiger partial charge >= 0.3 is 12.1 Å². The molecule has 0 aromatic heterocycles. The van der Waals surface area contributed by atoms with Gasteiger partial charge in [-0.2, -0.15) is 0 Å². The van der Waals surface area contributed by atoms with E-state index in [0.717, 1.165) is 0 Å². The summed E-state index contributed by atoms with van der Waals surface area (Å²) in [5.74, 6) is -0.353. The minimum Gasteiger partial charge on any atom is -0.358 e. The number of likely N-dealkylation sites (N-methyl/N-ethyl adjacent to an activating group) is 1. The molecule has 8 heteroatoms. The molecule has 0 aliphatic rings. The van der Waals surface area contributed by atoms with Crippen LogP contribution in [0.25, 0.3) is 0 Å². The van der Waals surface area contributed by atoms with Gasteiger partial charge in [0.05, 0.1) is 6.54 Å². The Balaban J connectivity index is 3.52. The van der Waals surface area contributed by atoms with Gasteiger partial charge in [-0.25, -0.2) is 20.4 Å². The predicted octanol–water partition coefficient (Wildman–Crippen LogP) is -2.39. The number of carbonyl (C=O) groups is 3. The van der Waals surface area contributed by atoms with Crippen molar-refractivity contribution in [2.24, 2.45) is 5.73 Å². The van der Waals surface area contributed by atoms with E-state index in [2.05, 4.69) is 16.4 Å². The predicted molar refractivity (Wildman–Crippen MR) is 43.3 cm³/mol. The summed E-state index contributed by atoms with van der Waals surface area (Å²) in [6.07, 6.45) is 0. The van der Waals surface area contributed by atoms with Crippen LogP contribution in [0.3, 0.4) is 0 Å². The molecule has 13 heavy (non-hydrogen) atoms. The fraction of sp³-hybridized carbons (Fsp3) is 0.400. The van der Waals surface area contributed by atoms with Gasteiger partial charge in [-0.05, 0) is 0 Å². The van der Waals surface area contributed by atoms with Crippen molar-refractivity contribution in [1.82, 2.24) is 21.5 Å². The van der Waals surface area contributed by atoms with Gasteiger partial charge in [0.25, 0.3) is 0 Å². The molecular formula is C5H11N5O3. The van der Waals surface area contributed by atoms with Gasteiger partial charge in [0.2, 0.25) is 5.91 Å². The summed E-state index contributed by atoms with van der Waals surface area (Å²) in [5, 5.41) is 4.45. The second kappa shape index (κ2) is 5.63. The maximum absolute atomic E-state index is 10.7. The van der Waals surface area contributed by atoms with Crippen molar-refractivity contribution in [2.75, 3.05) is 13.6 Å². The molecule has 0 saturated carbocycles. The number of carbonyl (C=O) groups excluding carboxylic acids is 3. The van der Waals surface area contributed by atoms with Gasteiger partial charge in [-0.15, -0.1) is 0 Å². The van der Waals surface area contributed by atoms with E-state index in [1.807, 2.05) is 10.9 Å². The van der Waals surface area contributed by atoms with Gasteiger partial charge in [0.1, 0.15) is 0 Å². The topological polar surface area (TPSA) is 125 Å². The Bertz CT molecular complexity index is 216. The van der Waals surface area contributed by atoms with Crippen LogP contribution in [-0.4, -0.2) is 31.6 Å². The van der Waals surface area contributed by atoms with Gasteiger partial charge in [0, 0.05) is 7.05 Å². The van der Waals surface area contributed by atoms with Crippen LogP contribution >= 0.6 is 0 Å². The lowest BCUT2D eigenvalue weighted by Crippen LogP contribution is -2.50. The number of nitrogens with one attached hydrogen (secondary N) is 4. The summed E-state index contributed by atoms with van der Waals surface area (Å²) < 4.78 is 0. The zero-order chi connectivity index (χ0) is 10.3. The standard InChI is InChI=1S/C5H11N5O3/c1-7-3(11)2-8-5(13)10-9-4(6)12/h2H2,1H3,(H,7,11)(H3,6,9,12)(H2,8,10,13). The van der Waals surface area contributed by atoms with Crippen LogP contribution in [0.4, 0.5) is 9.59 Å². The Labute approximate surface area is 74.2 Å². The van der Waals surface area contributed by atoms with E-state index in [4.69, 9.17) is 0 Å². The Morgan fingerprint density at radius 1 is 1.23 bits per heavy atom. The van der Waals surface area contributed by atoms with Gasteiger partial charge in [-0.3, -0.25) is 4.79 Å². The van der Waals surface area contributed by atoms with E-state index in [-0.39, 0.29) is 12.5 Å². The third-order valence-electron chi connectivity index (χ3n) is 0.988. The molecule has 0 unspecified atom stereocenters. The first-order valence-electron chi connectivity index (χ1n) is 3.36. The Hall–Kier alpha value is -1.99. The molecule has 0 aromatic rings. The van der Waals surface area contributed by atoms with Crippen molar-refractivity contribution in [3.63, 3.8) is 0 Å². The summed E-state index contributed by atoms with van der Waals surface area (Å²) in [6, 6.07) is -1.61. The monoisotopic (exact) mass is 189 g/mol. The molecule has 0 spiro atoms. The molecule has 0 rings (SSSR count). The number of hydrogen-bond donors (Lipinski definition) is 5. The largest absolute Gasteiger partial charge is 0.358 e. The molecule has 0 aliphatic carbocycles. The van der Waals surface area contributed by atoms with Crippen molar-refractivity contribution in [2.45, 2.75) is 0 Å². The zero-order valence-electron chi connectivity index (χ0n) is 7.01. The minimum atomic E-state index is -0.893. The summed E-state index contributed by atoms with van der Waals surface area (Å²) in [5.41, 5.74) is 8.39. The lowest BCUT2D eigenvalue weighted by Gasteiger charge is -2.05. The maximum atomic E-state index is 10.7. The SMILES string of the molecule is CNC(=O)CNC(=O)NNC(N)=O. The highest BCUT2D eigenvalue weighted by atomic mass is 16.2. The number of hydrazine groups is 1. The van der Waals surface area contributed by atoms with Crippen molar-refractivity contribution in [3.05, 3.63) is 0 Å². The minimum absolute atomic E-state index is 0.178. The molecule has 8 nitrogen and oxygen atoms in total. The second-order valence-corrected chi connectivity index (χ2v) is 1.97. The molecule has 74 valence electrons. The highest BCUT2D eigenvalue weighted by Crippen LogP contribution is 1.63. The lowest BCUT2D eigenvalue weighted by atomic mass is 10.6. The molecule has 5 amide bonds. The summed E-state index contributed by atoms with van der Waals surface area (Å²) >= 11 is 0. The maximum Gasteiger partial charge on any atom is 0.333 e.